The molecular weight excluding hydrogens is 872 g/mol. The number of halogens is 5. The molecule has 0 bridgehead atoms. The van der Waals surface area contributed by atoms with Crippen LogP contribution in [0.4, 0.5) is 22.0 Å². The molecule has 0 N–H and O–H groups in total. The summed E-state index contributed by atoms with van der Waals surface area (Å²) in [6.07, 6.45) is -0.490. The van der Waals surface area contributed by atoms with E-state index >= 15 is 0 Å². The monoisotopic (exact) mass is 934 g/mol. The van der Waals surface area contributed by atoms with E-state index in [0.717, 1.165) is 0 Å². The molecule has 0 atom stereocenters. The van der Waals surface area contributed by atoms with Crippen LogP contribution in [0, 0.1) is 29.1 Å². The van der Waals surface area contributed by atoms with Gasteiger partial charge in [-0.2, -0.15) is 8.78 Å². The quantitative estimate of drug-likeness (QED) is 0.0139. The van der Waals surface area contributed by atoms with Gasteiger partial charge in [-0.05, 0) is 15.4 Å². The maximum absolute atomic E-state index is 13.6. The molecule has 0 unspecified atom stereocenters. The third-order valence-corrected chi connectivity index (χ3v) is 14.2. The fraction of sp³-hybridized carbons (Fsp3) is 0.578. The SMILES string of the molecule is CC(C)(C)[Si](OCCOCCOCCOCCOCCOCCOCCOCCOCCOCCOCCC(=O)Oc1c(F)c(F)c(F)c(F)c1F)(c1ccccc1)c1ccccc1. The minimum Gasteiger partial charge on any atom is -0.420 e. The zero-order valence-corrected chi connectivity index (χ0v) is 38.0. The highest BCUT2D eigenvalue weighted by molar-refractivity contribution is 6.99. The molecule has 3 rings (SSSR count). The normalized spacial score (nSPS) is 12.0. The number of esters is 1. The molecule has 0 fully saturated rings. The van der Waals surface area contributed by atoms with Gasteiger partial charge in [0.2, 0.25) is 34.8 Å². The van der Waals surface area contributed by atoms with Gasteiger partial charge in [0.1, 0.15) is 0 Å². The molecule has 19 heteroatoms. The maximum Gasteiger partial charge on any atom is 0.313 e. The molecule has 0 radical (unpaired) electrons. The highest BCUT2D eigenvalue weighted by atomic mass is 28.4. The van der Waals surface area contributed by atoms with Crippen LogP contribution in [-0.4, -0.2) is 153 Å². The summed E-state index contributed by atoms with van der Waals surface area (Å²) in [5, 5.41) is 2.41. The first-order chi connectivity index (χ1) is 31.0. The molecule has 0 amide bonds. The van der Waals surface area contributed by atoms with Gasteiger partial charge < -0.3 is 56.5 Å². The molecule has 360 valence electrons. The fourth-order valence-electron chi connectivity index (χ4n) is 6.09. The minimum atomic E-state index is -2.57. The Morgan fingerprint density at radius 2 is 0.672 bits per heavy atom. The first-order valence-electron chi connectivity index (χ1n) is 21.2. The van der Waals surface area contributed by atoms with Crippen LogP contribution >= 0.6 is 0 Å². The molecule has 0 saturated heterocycles. The largest absolute Gasteiger partial charge is 0.420 e. The van der Waals surface area contributed by atoms with Crippen molar-refractivity contribution in [3.8, 4) is 5.75 Å². The predicted molar refractivity (Wildman–Crippen MR) is 228 cm³/mol. The molecule has 0 heterocycles. The standard InChI is InChI=1S/C45H63F5O13Si/c1-45(2,3)64(36-10-6-4-7-11-36,37-12-8-5-9-13-37)62-35-34-61-33-32-60-31-30-59-29-28-58-27-26-57-25-24-56-23-22-55-21-20-54-19-18-53-17-16-52-15-14-38(51)63-44-42(49)40(47)39(46)41(48)43(44)50/h4-13H,14-35H2,1-3H3. The Morgan fingerprint density at radius 1 is 0.406 bits per heavy atom. The summed E-state index contributed by atoms with van der Waals surface area (Å²) in [5.74, 6) is -14.1. The van der Waals surface area contributed by atoms with E-state index in [4.69, 9.17) is 51.8 Å². The smallest absolute Gasteiger partial charge is 0.313 e. The molecule has 13 nitrogen and oxygen atoms in total. The maximum atomic E-state index is 13.6. The van der Waals surface area contributed by atoms with Crippen molar-refractivity contribution >= 4 is 24.7 Å². The van der Waals surface area contributed by atoms with E-state index < -0.39 is 55.5 Å². The minimum absolute atomic E-state index is 0.0770. The van der Waals surface area contributed by atoms with Crippen LogP contribution in [0.3, 0.4) is 0 Å². The number of hydrogen-bond acceptors (Lipinski definition) is 13. The van der Waals surface area contributed by atoms with Gasteiger partial charge in [-0.1, -0.05) is 81.4 Å². The average Bonchev–Trinajstić information content (AvgIpc) is 3.29. The second-order valence-corrected chi connectivity index (χ2v) is 19.1. The lowest BCUT2D eigenvalue weighted by Gasteiger charge is -2.43. The van der Waals surface area contributed by atoms with Crippen LogP contribution in [0.25, 0.3) is 0 Å². The predicted octanol–water partition coefficient (Wildman–Crippen LogP) is 5.42. The Morgan fingerprint density at radius 3 is 0.969 bits per heavy atom. The summed E-state index contributed by atoms with van der Waals surface area (Å²) >= 11 is 0. The number of carbonyl (C=O) groups excluding carboxylic acids is 1. The van der Waals surface area contributed by atoms with Crippen LogP contribution in [0.5, 0.6) is 5.75 Å². The zero-order valence-electron chi connectivity index (χ0n) is 37.0. The van der Waals surface area contributed by atoms with Crippen LogP contribution in [0.2, 0.25) is 5.04 Å². The third-order valence-electron chi connectivity index (χ3n) is 9.15. The lowest BCUT2D eigenvalue weighted by atomic mass is 10.2. The number of carbonyl (C=O) groups is 1. The Kier molecular flexibility index (Phi) is 27.7. The van der Waals surface area contributed by atoms with E-state index in [1.54, 1.807) is 0 Å². The lowest BCUT2D eigenvalue weighted by molar-refractivity contribution is -0.136. The number of hydrogen-bond donors (Lipinski definition) is 0. The zero-order chi connectivity index (χ0) is 46.3. The van der Waals surface area contributed by atoms with Crippen molar-refractivity contribution in [2.24, 2.45) is 0 Å². The van der Waals surface area contributed by atoms with Crippen molar-refractivity contribution in [1.82, 2.24) is 0 Å². The summed E-state index contributed by atoms with van der Waals surface area (Å²) in [6, 6.07) is 21.1. The number of benzene rings is 3. The van der Waals surface area contributed by atoms with E-state index in [1.165, 1.54) is 10.4 Å². The molecule has 3 aromatic carbocycles. The van der Waals surface area contributed by atoms with E-state index in [9.17, 15) is 26.7 Å². The van der Waals surface area contributed by atoms with Crippen molar-refractivity contribution < 1.29 is 83.3 Å². The molecule has 0 saturated carbocycles. The first kappa shape index (κ1) is 54.9. The lowest BCUT2D eigenvalue weighted by Crippen LogP contribution is -2.66. The van der Waals surface area contributed by atoms with Gasteiger partial charge in [0, 0.05) is 0 Å². The first-order valence-corrected chi connectivity index (χ1v) is 23.2. The third kappa shape index (κ3) is 20.0. The highest BCUT2D eigenvalue weighted by Gasteiger charge is 2.50. The van der Waals surface area contributed by atoms with Crippen molar-refractivity contribution in [3.05, 3.63) is 89.7 Å². The molecule has 0 aliphatic rings. The second kappa shape index (κ2) is 32.3. The molecule has 0 aliphatic carbocycles. The van der Waals surface area contributed by atoms with Gasteiger partial charge in [0.15, 0.2) is 0 Å². The molecule has 3 aromatic rings. The fourth-order valence-corrected chi connectivity index (χ4v) is 10.6. The van der Waals surface area contributed by atoms with Crippen molar-refractivity contribution in [3.63, 3.8) is 0 Å². The van der Waals surface area contributed by atoms with Crippen molar-refractivity contribution in [1.29, 1.82) is 0 Å². The summed E-state index contributed by atoms with van der Waals surface area (Å²) in [7, 11) is -2.57. The van der Waals surface area contributed by atoms with E-state index in [-0.39, 0.29) is 31.5 Å². The summed E-state index contributed by atoms with van der Waals surface area (Å²) in [5.41, 5.74) is 0. The van der Waals surface area contributed by atoms with E-state index in [2.05, 4.69) is 74.0 Å². The molecule has 0 aromatic heterocycles. The van der Waals surface area contributed by atoms with Crippen LogP contribution < -0.4 is 15.1 Å². The van der Waals surface area contributed by atoms with Crippen molar-refractivity contribution in [2.75, 3.05) is 139 Å². The van der Waals surface area contributed by atoms with Gasteiger partial charge in [-0.15, -0.1) is 0 Å². The Hall–Kier alpha value is -3.44. The Labute approximate surface area is 373 Å². The molecule has 0 spiro atoms. The van der Waals surface area contributed by atoms with Gasteiger partial charge >= 0.3 is 5.97 Å². The van der Waals surface area contributed by atoms with Crippen LogP contribution in [0.15, 0.2) is 60.7 Å². The van der Waals surface area contributed by atoms with Crippen molar-refractivity contribution in [2.45, 2.75) is 32.2 Å². The Balaban J connectivity index is 1.01. The van der Waals surface area contributed by atoms with Gasteiger partial charge in [-0.3, -0.25) is 4.79 Å². The van der Waals surface area contributed by atoms with Gasteiger partial charge in [-0.25, -0.2) is 13.2 Å². The van der Waals surface area contributed by atoms with Gasteiger partial charge in [0.05, 0.1) is 145 Å². The second-order valence-electron chi connectivity index (χ2n) is 14.8. The number of rotatable bonds is 37. The highest BCUT2D eigenvalue weighted by Crippen LogP contribution is 2.36. The molecule has 0 aliphatic heterocycles. The van der Waals surface area contributed by atoms with Crippen LogP contribution in [0.1, 0.15) is 27.2 Å². The van der Waals surface area contributed by atoms with E-state index in [0.29, 0.717) is 112 Å². The molecule has 64 heavy (non-hydrogen) atoms. The molecular formula is C45H63F5O13Si. The summed E-state index contributed by atoms with van der Waals surface area (Å²) in [6.45, 7) is 14.4. The summed E-state index contributed by atoms with van der Waals surface area (Å²) < 4.78 is 133. The topological polar surface area (TPSA) is 128 Å². The average molecular weight is 935 g/mol. The number of ether oxygens (including phenoxy) is 11. The summed E-state index contributed by atoms with van der Waals surface area (Å²) in [4.78, 5) is 11.7. The van der Waals surface area contributed by atoms with E-state index in [1.807, 2.05) is 12.1 Å². The Bertz CT molecular complexity index is 1620. The van der Waals surface area contributed by atoms with Gasteiger partial charge in [0.25, 0.3) is 8.32 Å². The van der Waals surface area contributed by atoms with Crippen LogP contribution in [-0.2, 0) is 56.6 Å².